The van der Waals surface area contributed by atoms with Crippen LogP contribution in [-0.4, -0.2) is 12.6 Å². The molecule has 0 radical (unpaired) electrons. The predicted molar refractivity (Wildman–Crippen MR) is 69.2 cm³/mol. The third-order valence-electron chi connectivity index (χ3n) is 3.70. The third-order valence-corrected chi connectivity index (χ3v) is 4.03. The normalized spacial score (nSPS) is 18.4. The lowest BCUT2D eigenvalue weighted by molar-refractivity contribution is 0.301. The van der Waals surface area contributed by atoms with Crippen molar-refractivity contribution in [2.45, 2.75) is 37.5 Å². The Balaban J connectivity index is 2.38. The van der Waals surface area contributed by atoms with Crippen molar-refractivity contribution < 1.29 is 4.79 Å². The van der Waals surface area contributed by atoms with Crippen LogP contribution in [0.2, 0.25) is 5.02 Å². The second kappa shape index (κ2) is 5.48. The number of rotatable bonds is 3. The fourth-order valence-electron chi connectivity index (χ4n) is 2.82. The maximum Gasteiger partial charge on any atom is 0.234 e. The van der Waals surface area contributed by atoms with Crippen LogP contribution in [0, 0.1) is 0 Å². The fourth-order valence-corrected chi connectivity index (χ4v) is 3.15. The van der Waals surface area contributed by atoms with Crippen molar-refractivity contribution in [2.24, 2.45) is 4.99 Å². The fraction of sp³-hybridized carbons (Fsp3) is 0.500. The quantitative estimate of drug-likeness (QED) is 0.591. The average molecular weight is 250 g/mol. The van der Waals surface area contributed by atoms with Crippen LogP contribution in [-0.2, 0) is 10.2 Å². The minimum atomic E-state index is -0.0476. The highest BCUT2D eigenvalue weighted by molar-refractivity contribution is 6.31. The van der Waals surface area contributed by atoms with E-state index in [4.69, 9.17) is 11.6 Å². The lowest BCUT2D eigenvalue weighted by Gasteiger charge is -2.36. The summed E-state index contributed by atoms with van der Waals surface area (Å²) in [4.78, 5) is 14.2. The van der Waals surface area contributed by atoms with Gasteiger partial charge in [0.05, 0.1) is 6.54 Å². The number of nitrogens with zero attached hydrogens (tertiary/aromatic N) is 1. The first-order valence-electron chi connectivity index (χ1n) is 6.07. The first-order chi connectivity index (χ1) is 8.28. The largest absolute Gasteiger partial charge is 0.234 e. The van der Waals surface area contributed by atoms with Gasteiger partial charge >= 0.3 is 0 Å². The minimum Gasteiger partial charge on any atom is -0.211 e. The Morgan fingerprint density at radius 2 is 1.94 bits per heavy atom. The van der Waals surface area contributed by atoms with Gasteiger partial charge in [0.2, 0.25) is 6.08 Å². The molecule has 1 saturated carbocycles. The van der Waals surface area contributed by atoms with E-state index in [1.807, 2.05) is 18.2 Å². The number of benzene rings is 1. The molecule has 0 heterocycles. The van der Waals surface area contributed by atoms with E-state index in [-0.39, 0.29) is 5.41 Å². The highest BCUT2D eigenvalue weighted by Gasteiger charge is 2.35. The summed E-state index contributed by atoms with van der Waals surface area (Å²) in [5.74, 6) is 0. The molecule has 1 aliphatic carbocycles. The van der Waals surface area contributed by atoms with E-state index < -0.39 is 0 Å². The Bertz CT molecular complexity index is 432. The Kier molecular flexibility index (Phi) is 3.98. The highest BCUT2D eigenvalue weighted by atomic mass is 35.5. The van der Waals surface area contributed by atoms with Crippen LogP contribution < -0.4 is 0 Å². The molecule has 2 nitrogen and oxygen atoms in total. The molecule has 17 heavy (non-hydrogen) atoms. The van der Waals surface area contributed by atoms with E-state index in [9.17, 15) is 4.79 Å². The zero-order valence-corrected chi connectivity index (χ0v) is 10.5. The summed E-state index contributed by atoms with van der Waals surface area (Å²) in [6, 6.07) is 7.92. The molecule has 3 heteroatoms. The number of hydrogen-bond acceptors (Lipinski definition) is 2. The van der Waals surface area contributed by atoms with Gasteiger partial charge in [0.1, 0.15) is 0 Å². The van der Waals surface area contributed by atoms with Crippen LogP contribution >= 0.6 is 11.6 Å². The molecule has 0 bridgehead atoms. The summed E-state index contributed by atoms with van der Waals surface area (Å²) < 4.78 is 0. The third kappa shape index (κ3) is 2.59. The molecule has 1 aromatic carbocycles. The zero-order chi connectivity index (χ0) is 12.1. The molecular formula is C14H16ClNO. The number of isocyanates is 1. The molecular weight excluding hydrogens is 234 g/mol. The Morgan fingerprint density at radius 1 is 1.24 bits per heavy atom. The van der Waals surface area contributed by atoms with Gasteiger partial charge in [0.15, 0.2) is 0 Å². The molecule has 0 N–H and O–H groups in total. The van der Waals surface area contributed by atoms with Gasteiger partial charge in [-0.25, -0.2) is 9.79 Å². The SMILES string of the molecule is O=C=NCC1(c2ccccc2Cl)CCCCC1. The van der Waals surface area contributed by atoms with Crippen molar-refractivity contribution in [2.75, 3.05) is 6.54 Å². The van der Waals surface area contributed by atoms with E-state index >= 15 is 0 Å². The van der Waals surface area contributed by atoms with E-state index in [1.54, 1.807) is 6.08 Å². The van der Waals surface area contributed by atoms with Crippen LogP contribution in [0.25, 0.3) is 0 Å². The van der Waals surface area contributed by atoms with E-state index in [2.05, 4.69) is 11.1 Å². The van der Waals surface area contributed by atoms with E-state index in [0.29, 0.717) is 6.54 Å². The Morgan fingerprint density at radius 3 is 2.59 bits per heavy atom. The van der Waals surface area contributed by atoms with Gasteiger partial charge in [-0.15, -0.1) is 0 Å². The molecule has 0 unspecified atom stereocenters. The second-order valence-electron chi connectivity index (χ2n) is 4.73. The first kappa shape index (κ1) is 12.3. The summed E-state index contributed by atoms with van der Waals surface area (Å²) in [5.41, 5.74) is 1.09. The lowest BCUT2D eigenvalue weighted by atomic mass is 9.69. The van der Waals surface area contributed by atoms with Crippen molar-refractivity contribution in [3.05, 3.63) is 34.9 Å². The Hall–Kier alpha value is -1.11. The molecule has 90 valence electrons. The first-order valence-corrected chi connectivity index (χ1v) is 6.45. The van der Waals surface area contributed by atoms with E-state index in [1.165, 1.54) is 19.3 Å². The molecule has 1 aliphatic rings. The predicted octanol–water partition coefficient (Wildman–Crippen LogP) is 3.88. The molecule has 1 fully saturated rings. The standard InChI is InChI=1S/C14H16ClNO/c15-13-7-3-2-6-12(13)14(10-16-11-17)8-4-1-5-9-14/h2-3,6-7H,1,4-5,8-10H2. The van der Waals surface area contributed by atoms with Crippen molar-refractivity contribution in [3.8, 4) is 0 Å². The topological polar surface area (TPSA) is 29.4 Å². The number of halogens is 1. The van der Waals surface area contributed by atoms with Gasteiger partial charge in [0, 0.05) is 10.4 Å². The van der Waals surface area contributed by atoms with Gasteiger partial charge in [-0.1, -0.05) is 49.1 Å². The smallest absolute Gasteiger partial charge is 0.211 e. The molecule has 1 aromatic rings. The van der Waals surface area contributed by atoms with Gasteiger partial charge in [-0.05, 0) is 24.5 Å². The number of aliphatic imine (C=N–C) groups is 1. The minimum absolute atomic E-state index is 0.0476. The van der Waals surface area contributed by atoms with E-state index in [0.717, 1.165) is 23.4 Å². The van der Waals surface area contributed by atoms with Crippen LogP contribution in [0.15, 0.2) is 29.3 Å². The average Bonchev–Trinajstić information content (AvgIpc) is 2.38. The van der Waals surface area contributed by atoms with Crippen LogP contribution in [0.1, 0.15) is 37.7 Å². The van der Waals surface area contributed by atoms with Crippen molar-refractivity contribution in [3.63, 3.8) is 0 Å². The van der Waals surface area contributed by atoms with Gasteiger partial charge < -0.3 is 0 Å². The molecule has 0 amide bonds. The summed E-state index contributed by atoms with van der Waals surface area (Å²) in [6.07, 6.45) is 7.40. The number of hydrogen-bond donors (Lipinski definition) is 0. The van der Waals surface area contributed by atoms with Crippen molar-refractivity contribution in [1.82, 2.24) is 0 Å². The summed E-state index contributed by atoms with van der Waals surface area (Å²) in [7, 11) is 0. The maximum absolute atomic E-state index is 10.4. The van der Waals surface area contributed by atoms with Gasteiger partial charge in [-0.3, -0.25) is 0 Å². The second-order valence-corrected chi connectivity index (χ2v) is 5.14. The van der Waals surface area contributed by atoms with Crippen molar-refractivity contribution >= 4 is 17.7 Å². The summed E-state index contributed by atoms with van der Waals surface area (Å²) in [5, 5.41) is 0.787. The summed E-state index contributed by atoms with van der Waals surface area (Å²) >= 11 is 6.29. The molecule has 0 aliphatic heterocycles. The highest BCUT2D eigenvalue weighted by Crippen LogP contribution is 2.42. The van der Waals surface area contributed by atoms with Gasteiger partial charge in [0.25, 0.3) is 0 Å². The monoisotopic (exact) mass is 249 g/mol. The van der Waals surface area contributed by atoms with Gasteiger partial charge in [-0.2, -0.15) is 0 Å². The molecule has 0 atom stereocenters. The molecule has 2 rings (SSSR count). The molecule has 0 saturated heterocycles. The van der Waals surface area contributed by atoms with Crippen LogP contribution in [0.4, 0.5) is 0 Å². The lowest BCUT2D eigenvalue weighted by Crippen LogP contribution is -2.32. The molecule has 0 spiro atoms. The van der Waals surface area contributed by atoms with Crippen LogP contribution in [0.5, 0.6) is 0 Å². The zero-order valence-electron chi connectivity index (χ0n) is 9.79. The molecule has 0 aromatic heterocycles. The van der Waals surface area contributed by atoms with Crippen molar-refractivity contribution in [1.29, 1.82) is 0 Å². The maximum atomic E-state index is 10.4. The Labute approximate surface area is 107 Å². The number of carbonyl (C=O) groups excluding carboxylic acids is 1. The van der Waals surface area contributed by atoms with Crippen LogP contribution in [0.3, 0.4) is 0 Å². The summed E-state index contributed by atoms with van der Waals surface area (Å²) in [6.45, 7) is 0.514.